The number of aromatic nitrogens is 1. The number of nitrogens with zero attached hydrogens (tertiary/aromatic N) is 2. The molecule has 0 saturated carbocycles. The highest BCUT2D eigenvalue weighted by Crippen LogP contribution is 2.29. The van der Waals surface area contributed by atoms with Crippen LogP contribution in [0.3, 0.4) is 0 Å². The second-order valence-electron chi connectivity index (χ2n) is 2.76. The molecule has 0 fully saturated rings. The predicted octanol–water partition coefficient (Wildman–Crippen LogP) is 2.33. The molecule has 16 heavy (non-hydrogen) atoms. The van der Waals surface area contributed by atoms with Gasteiger partial charge in [-0.2, -0.15) is 5.26 Å². The van der Waals surface area contributed by atoms with E-state index in [-0.39, 0.29) is 17.0 Å². The van der Waals surface area contributed by atoms with Crippen LogP contribution in [0.1, 0.15) is 33.6 Å². The number of hydrogen-bond acceptors (Lipinski definition) is 3. The van der Waals surface area contributed by atoms with E-state index in [4.69, 9.17) is 22.0 Å². The van der Waals surface area contributed by atoms with Gasteiger partial charge in [0.1, 0.15) is 6.07 Å². The molecule has 0 aliphatic carbocycles. The Morgan fingerprint density at radius 3 is 2.69 bits per heavy atom. The van der Waals surface area contributed by atoms with Crippen LogP contribution >= 0.6 is 11.6 Å². The van der Waals surface area contributed by atoms with Gasteiger partial charge in [-0.1, -0.05) is 0 Å². The largest absolute Gasteiger partial charge is 0.476 e. The third-order valence-corrected chi connectivity index (χ3v) is 2.17. The Bertz CT molecular complexity index is 471. The van der Waals surface area contributed by atoms with Crippen LogP contribution < -0.4 is 0 Å². The van der Waals surface area contributed by atoms with Gasteiger partial charge in [0.2, 0.25) is 0 Å². The fourth-order valence-corrected chi connectivity index (χ4v) is 1.50. The highest BCUT2D eigenvalue weighted by molar-refractivity contribution is 6.17. The summed E-state index contributed by atoms with van der Waals surface area (Å²) < 4.78 is 25.4. The smallest absolute Gasteiger partial charge is 0.355 e. The van der Waals surface area contributed by atoms with E-state index < -0.39 is 23.7 Å². The Hall–Kier alpha value is -1.74. The molecule has 0 bridgehead atoms. The number of aromatic carboxylic acids is 1. The summed E-state index contributed by atoms with van der Waals surface area (Å²) in [6, 6.07) is 1.63. The van der Waals surface area contributed by atoms with E-state index in [2.05, 4.69) is 4.98 Å². The van der Waals surface area contributed by atoms with E-state index in [1.165, 1.54) is 0 Å². The van der Waals surface area contributed by atoms with Gasteiger partial charge in [-0.3, -0.25) is 0 Å². The lowest BCUT2D eigenvalue weighted by Gasteiger charge is -2.10. The predicted molar refractivity (Wildman–Crippen MR) is 50.4 cm³/mol. The van der Waals surface area contributed by atoms with Gasteiger partial charge >= 0.3 is 5.97 Å². The minimum absolute atomic E-state index is 0.143. The van der Waals surface area contributed by atoms with Crippen LogP contribution in [-0.4, -0.2) is 16.1 Å². The van der Waals surface area contributed by atoms with Crippen LogP contribution in [0.4, 0.5) is 8.78 Å². The first-order valence-corrected chi connectivity index (χ1v) is 4.55. The van der Waals surface area contributed by atoms with Crippen LogP contribution in [0, 0.1) is 11.3 Å². The Morgan fingerprint density at radius 1 is 1.69 bits per heavy atom. The van der Waals surface area contributed by atoms with Gasteiger partial charge in [0, 0.05) is 12.1 Å². The average molecular weight is 247 g/mol. The zero-order chi connectivity index (χ0) is 12.3. The van der Waals surface area contributed by atoms with Crippen LogP contribution in [0.2, 0.25) is 0 Å². The fraction of sp³-hybridized carbons (Fsp3) is 0.222. The first-order chi connectivity index (χ1) is 7.52. The van der Waals surface area contributed by atoms with Crippen molar-refractivity contribution in [2.24, 2.45) is 0 Å². The Morgan fingerprint density at radius 2 is 2.31 bits per heavy atom. The summed E-state index contributed by atoms with van der Waals surface area (Å²) in [5.74, 6) is -1.95. The molecule has 1 rings (SSSR count). The summed E-state index contributed by atoms with van der Waals surface area (Å²) in [7, 11) is 0. The number of carbonyl (C=O) groups is 1. The highest BCUT2D eigenvalue weighted by Gasteiger charge is 2.25. The van der Waals surface area contributed by atoms with Gasteiger partial charge in [0.25, 0.3) is 6.43 Å². The number of hydrogen-bond donors (Lipinski definition) is 1. The summed E-state index contributed by atoms with van der Waals surface area (Å²) in [5, 5.41) is 17.3. The van der Waals surface area contributed by atoms with Crippen molar-refractivity contribution in [2.75, 3.05) is 0 Å². The molecule has 1 aromatic heterocycles. The van der Waals surface area contributed by atoms with Gasteiger partial charge < -0.3 is 5.11 Å². The molecule has 84 valence electrons. The maximum Gasteiger partial charge on any atom is 0.355 e. The minimum Gasteiger partial charge on any atom is -0.476 e. The molecule has 0 unspecified atom stereocenters. The number of pyridine rings is 1. The van der Waals surface area contributed by atoms with Gasteiger partial charge in [-0.25, -0.2) is 18.6 Å². The SMILES string of the molecule is N#Cc1cnc(C(=O)O)c(C(F)F)c1CCl. The van der Waals surface area contributed by atoms with Crippen molar-refractivity contribution in [1.82, 2.24) is 4.98 Å². The van der Waals surface area contributed by atoms with Gasteiger partial charge in [0.15, 0.2) is 5.69 Å². The molecule has 0 atom stereocenters. The van der Waals surface area contributed by atoms with Gasteiger partial charge in [-0.05, 0) is 5.56 Å². The van der Waals surface area contributed by atoms with Crippen LogP contribution in [0.25, 0.3) is 0 Å². The topological polar surface area (TPSA) is 74.0 Å². The maximum atomic E-state index is 12.7. The lowest BCUT2D eigenvalue weighted by atomic mass is 10.0. The average Bonchev–Trinajstić information content (AvgIpc) is 2.26. The lowest BCUT2D eigenvalue weighted by molar-refractivity contribution is 0.0676. The zero-order valence-corrected chi connectivity index (χ0v) is 8.50. The van der Waals surface area contributed by atoms with Crippen molar-refractivity contribution in [3.8, 4) is 6.07 Å². The summed E-state index contributed by atoms with van der Waals surface area (Å²) >= 11 is 5.43. The number of alkyl halides is 3. The third-order valence-electron chi connectivity index (χ3n) is 1.90. The maximum absolute atomic E-state index is 12.7. The minimum atomic E-state index is -3.04. The molecule has 0 aromatic carbocycles. The molecular formula is C9H5ClF2N2O2. The summed E-state index contributed by atoms with van der Waals surface area (Å²) in [6.07, 6.45) is -2.12. The van der Waals surface area contributed by atoms with E-state index >= 15 is 0 Å². The molecule has 1 aromatic rings. The molecule has 1 N–H and O–H groups in total. The van der Waals surface area contributed by atoms with E-state index in [9.17, 15) is 13.6 Å². The Balaban J connectivity index is 3.58. The number of halogens is 3. The number of rotatable bonds is 3. The van der Waals surface area contributed by atoms with Gasteiger partial charge in [0.05, 0.1) is 11.1 Å². The number of carboxylic acid groups (broad SMARTS) is 1. The number of carboxylic acids is 1. The Labute approximate surface area is 94.1 Å². The molecule has 0 aliphatic rings. The lowest BCUT2D eigenvalue weighted by Crippen LogP contribution is -2.10. The van der Waals surface area contributed by atoms with Crippen molar-refractivity contribution in [2.45, 2.75) is 12.3 Å². The summed E-state index contributed by atoms with van der Waals surface area (Å²) in [4.78, 5) is 14.0. The molecule has 7 heteroatoms. The molecule has 4 nitrogen and oxygen atoms in total. The third kappa shape index (κ3) is 2.09. The highest BCUT2D eigenvalue weighted by atomic mass is 35.5. The molecule has 0 spiro atoms. The van der Waals surface area contributed by atoms with E-state index in [1.54, 1.807) is 6.07 Å². The van der Waals surface area contributed by atoms with E-state index in [1.807, 2.05) is 0 Å². The number of nitriles is 1. The van der Waals surface area contributed by atoms with Crippen molar-refractivity contribution < 1.29 is 18.7 Å². The first-order valence-electron chi connectivity index (χ1n) is 4.02. The van der Waals surface area contributed by atoms with Crippen LogP contribution in [0.5, 0.6) is 0 Å². The molecule has 0 amide bonds. The molecule has 0 saturated heterocycles. The van der Waals surface area contributed by atoms with Crippen molar-refractivity contribution >= 4 is 17.6 Å². The summed E-state index contributed by atoms with van der Waals surface area (Å²) in [5.41, 5.74) is -1.90. The van der Waals surface area contributed by atoms with Gasteiger partial charge in [-0.15, -0.1) is 11.6 Å². The second kappa shape index (κ2) is 4.86. The Kier molecular flexibility index (Phi) is 3.74. The van der Waals surface area contributed by atoms with Crippen molar-refractivity contribution in [3.63, 3.8) is 0 Å². The van der Waals surface area contributed by atoms with E-state index in [0.29, 0.717) is 0 Å². The molecule has 0 radical (unpaired) electrons. The fourth-order valence-electron chi connectivity index (χ4n) is 1.21. The molecular weight excluding hydrogens is 242 g/mol. The van der Waals surface area contributed by atoms with Crippen LogP contribution in [0.15, 0.2) is 6.20 Å². The molecule has 0 aliphatic heterocycles. The van der Waals surface area contributed by atoms with Crippen molar-refractivity contribution in [3.05, 3.63) is 28.6 Å². The second-order valence-corrected chi connectivity index (χ2v) is 3.03. The quantitative estimate of drug-likeness (QED) is 0.831. The van der Waals surface area contributed by atoms with Crippen molar-refractivity contribution in [1.29, 1.82) is 5.26 Å². The first kappa shape index (κ1) is 12.3. The normalized spacial score (nSPS) is 10.2. The zero-order valence-electron chi connectivity index (χ0n) is 7.75. The molecule has 1 heterocycles. The monoisotopic (exact) mass is 246 g/mol. The van der Waals surface area contributed by atoms with E-state index in [0.717, 1.165) is 6.20 Å². The summed E-state index contributed by atoms with van der Waals surface area (Å²) in [6.45, 7) is 0. The van der Waals surface area contributed by atoms with Crippen LogP contribution in [-0.2, 0) is 5.88 Å². The standard InChI is InChI=1S/C9H5ClF2N2O2/c10-1-5-4(2-13)3-14-7(9(15)16)6(5)8(11)12/h3,8H,1H2,(H,15,16).